The van der Waals surface area contributed by atoms with Gasteiger partial charge in [-0.2, -0.15) is 0 Å². The maximum Gasteiger partial charge on any atom is 0.191 e. The molecular weight excluding hydrogens is 399 g/mol. The molecule has 1 aromatic rings. The molecule has 0 atom stereocenters. The van der Waals surface area contributed by atoms with Crippen LogP contribution in [0.15, 0.2) is 29.3 Å². The van der Waals surface area contributed by atoms with Gasteiger partial charge >= 0.3 is 0 Å². The molecule has 0 aliphatic carbocycles. The summed E-state index contributed by atoms with van der Waals surface area (Å²) < 4.78 is 0. The van der Waals surface area contributed by atoms with Crippen molar-refractivity contribution < 1.29 is 0 Å². The molecule has 0 spiro atoms. The number of hydrogen-bond acceptors (Lipinski definition) is 2. The van der Waals surface area contributed by atoms with Crippen LogP contribution in [0.2, 0.25) is 0 Å². The van der Waals surface area contributed by atoms with Crippen molar-refractivity contribution in [3.63, 3.8) is 0 Å². The molecule has 5 heteroatoms. The minimum atomic E-state index is 0. The maximum absolute atomic E-state index is 4.27. The fraction of sp³-hybridized carbons (Fsp3) is 0.611. The van der Waals surface area contributed by atoms with Gasteiger partial charge < -0.3 is 10.6 Å². The molecule has 0 bridgehead atoms. The Balaban J connectivity index is 0.00000264. The molecule has 23 heavy (non-hydrogen) atoms. The lowest BCUT2D eigenvalue weighted by Gasteiger charge is -2.27. The van der Waals surface area contributed by atoms with E-state index in [2.05, 4.69) is 58.6 Å². The van der Waals surface area contributed by atoms with Crippen molar-refractivity contribution in [2.24, 2.45) is 4.99 Å². The minimum absolute atomic E-state index is 0. The Morgan fingerprint density at radius 2 is 1.78 bits per heavy atom. The first-order valence-corrected chi connectivity index (χ1v) is 8.45. The molecule has 0 unspecified atom stereocenters. The number of guanidine groups is 1. The van der Waals surface area contributed by atoms with E-state index in [4.69, 9.17) is 0 Å². The summed E-state index contributed by atoms with van der Waals surface area (Å²) in [4.78, 5) is 6.85. The van der Waals surface area contributed by atoms with Crippen LogP contribution >= 0.6 is 24.0 Å². The SMILES string of the molecule is CN=C(NCc1ccccc1CN1CCCCC1)NC(C)C.I. The van der Waals surface area contributed by atoms with Gasteiger partial charge in [-0.25, -0.2) is 0 Å². The lowest BCUT2D eigenvalue weighted by molar-refractivity contribution is 0.220. The summed E-state index contributed by atoms with van der Waals surface area (Å²) in [5.41, 5.74) is 2.79. The highest BCUT2D eigenvalue weighted by Crippen LogP contribution is 2.16. The number of halogens is 1. The van der Waals surface area contributed by atoms with Crippen LogP contribution in [-0.2, 0) is 13.1 Å². The van der Waals surface area contributed by atoms with Gasteiger partial charge in [0.2, 0.25) is 0 Å². The monoisotopic (exact) mass is 430 g/mol. The Morgan fingerprint density at radius 3 is 2.39 bits per heavy atom. The quantitative estimate of drug-likeness (QED) is 0.428. The molecule has 2 N–H and O–H groups in total. The fourth-order valence-corrected chi connectivity index (χ4v) is 2.89. The molecule has 0 saturated carbocycles. The largest absolute Gasteiger partial charge is 0.354 e. The third-order valence-electron chi connectivity index (χ3n) is 4.06. The second-order valence-corrected chi connectivity index (χ2v) is 6.33. The lowest BCUT2D eigenvalue weighted by Crippen LogP contribution is -2.40. The third kappa shape index (κ3) is 7.08. The zero-order chi connectivity index (χ0) is 15.8. The highest BCUT2D eigenvalue weighted by molar-refractivity contribution is 14.0. The van der Waals surface area contributed by atoms with Crippen molar-refractivity contribution in [1.82, 2.24) is 15.5 Å². The van der Waals surface area contributed by atoms with Crippen molar-refractivity contribution in [2.45, 2.75) is 52.2 Å². The third-order valence-corrected chi connectivity index (χ3v) is 4.06. The molecule has 1 heterocycles. The second kappa shape index (κ2) is 10.9. The van der Waals surface area contributed by atoms with E-state index in [1.165, 1.54) is 43.5 Å². The van der Waals surface area contributed by atoms with Crippen LogP contribution in [0.3, 0.4) is 0 Å². The topological polar surface area (TPSA) is 39.7 Å². The van der Waals surface area contributed by atoms with Crippen LogP contribution in [0.5, 0.6) is 0 Å². The molecule has 1 fully saturated rings. The smallest absolute Gasteiger partial charge is 0.191 e. The molecule has 2 rings (SSSR count). The average Bonchev–Trinajstić information content (AvgIpc) is 2.53. The Hall–Kier alpha value is -0.820. The first kappa shape index (κ1) is 20.2. The predicted molar refractivity (Wildman–Crippen MR) is 109 cm³/mol. The Morgan fingerprint density at radius 1 is 1.13 bits per heavy atom. The first-order valence-electron chi connectivity index (χ1n) is 8.45. The van der Waals surface area contributed by atoms with Gasteiger partial charge in [-0.1, -0.05) is 30.7 Å². The molecule has 1 aliphatic heterocycles. The van der Waals surface area contributed by atoms with Gasteiger partial charge in [0.15, 0.2) is 5.96 Å². The summed E-state index contributed by atoms with van der Waals surface area (Å²) >= 11 is 0. The number of nitrogens with zero attached hydrogens (tertiary/aromatic N) is 2. The molecule has 130 valence electrons. The van der Waals surface area contributed by atoms with Crippen LogP contribution in [-0.4, -0.2) is 37.0 Å². The normalized spacial score (nSPS) is 16.1. The van der Waals surface area contributed by atoms with Crippen molar-refractivity contribution in [2.75, 3.05) is 20.1 Å². The van der Waals surface area contributed by atoms with E-state index in [9.17, 15) is 0 Å². The standard InChI is InChI=1S/C18H30N4.HI/c1-15(2)21-18(19-3)20-13-16-9-5-6-10-17(16)14-22-11-7-4-8-12-22;/h5-6,9-10,15H,4,7-8,11-14H2,1-3H3,(H2,19,20,21);1H. The summed E-state index contributed by atoms with van der Waals surface area (Å²) in [6.45, 7) is 8.59. The fourth-order valence-electron chi connectivity index (χ4n) is 2.89. The van der Waals surface area contributed by atoms with Crippen molar-refractivity contribution in [3.8, 4) is 0 Å². The van der Waals surface area contributed by atoms with Crippen molar-refractivity contribution in [3.05, 3.63) is 35.4 Å². The van der Waals surface area contributed by atoms with Crippen molar-refractivity contribution >= 4 is 29.9 Å². The number of likely N-dealkylation sites (tertiary alicyclic amines) is 1. The van der Waals surface area contributed by atoms with Crippen LogP contribution in [0.1, 0.15) is 44.2 Å². The zero-order valence-corrected chi connectivity index (χ0v) is 17.0. The van der Waals surface area contributed by atoms with Crippen LogP contribution in [0.25, 0.3) is 0 Å². The first-order chi connectivity index (χ1) is 10.7. The van der Waals surface area contributed by atoms with Crippen LogP contribution in [0, 0.1) is 0 Å². The van der Waals surface area contributed by atoms with E-state index >= 15 is 0 Å². The average molecular weight is 430 g/mol. The van der Waals surface area contributed by atoms with E-state index in [0.717, 1.165) is 19.0 Å². The van der Waals surface area contributed by atoms with Gasteiger partial charge in [-0.15, -0.1) is 24.0 Å². The van der Waals surface area contributed by atoms with Gasteiger partial charge in [0.1, 0.15) is 0 Å². The zero-order valence-electron chi connectivity index (χ0n) is 14.6. The summed E-state index contributed by atoms with van der Waals surface area (Å²) in [6, 6.07) is 9.12. The summed E-state index contributed by atoms with van der Waals surface area (Å²) in [5, 5.41) is 6.74. The molecule has 0 aromatic heterocycles. The lowest BCUT2D eigenvalue weighted by atomic mass is 10.0. The second-order valence-electron chi connectivity index (χ2n) is 6.33. The van der Waals surface area contributed by atoms with Gasteiger partial charge in [-0.3, -0.25) is 9.89 Å². The van der Waals surface area contributed by atoms with Crippen LogP contribution in [0.4, 0.5) is 0 Å². The molecule has 0 radical (unpaired) electrons. The number of benzene rings is 1. The minimum Gasteiger partial charge on any atom is -0.354 e. The summed E-state index contributed by atoms with van der Waals surface area (Å²) in [7, 11) is 1.82. The van der Waals surface area contributed by atoms with Gasteiger partial charge in [0.05, 0.1) is 0 Å². The van der Waals surface area contributed by atoms with Crippen LogP contribution < -0.4 is 10.6 Å². The molecule has 4 nitrogen and oxygen atoms in total. The number of nitrogens with one attached hydrogen (secondary N) is 2. The molecule has 1 saturated heterocycles. The molecular formula is C18H31IN4. The highest BCUT2D eigenvalue weighted by Gasteiger charge is 2.12. The highest BCUT2D eigenvalue weighted by atomic mass is 127. The summed E-state index contributed by atoms with van der Waals surface area (Å²) in [5.74, 6) is 0.864. The van der Waals surface area contributed by atoms with Crippen molar-refractivity contribution in [1.29, 1.82) is 0 Å². The Kier molecular flexibility index (Phi) is 9.55. The predicted octanol–water partition coefficient (Wildman–Crippen LogP) is 3.36. The van der Waals surface area contributed by atoms with E-state index in [0.29, 0.717) is 6.04 Å². The van der Waals surface area contributed by atoms with E-state index in [1.807, 2.05) is 7.05 Å². The van der Waals surface area contributed by atoms with E-state index in [1.54, 1.807) is 0 Å². The Bertz CT molecular complexity index is 482. The maximum atomic E-state index is 4.27. The number of aliphatic imine (C=N–C) groups is 1. The molecule has 0 amide bonds. The van der Waals surface area contributed by atoms with E-state index < -0.39 is 0 Å². The van der Waals surface area contributed by atoms with Gasteiger partial charge in [0.25, 0.3) is 0 Å². The molecule has 1 aromatic carbocycles. The van der Waals surface area contributed by atoms with Gasteiger partial charge in [-0.05, 0) is 50.9 Å². The van der Waals surface area contributed by atoms with E-state index in [-0.39, 0.29) is 24.0 Å². The summed E-state index contributed by atoms with van der Waals surface area (Å²) in [6.07, 6.45) is 4.06. The number of hydrogen-bond donors (Lipinski definition) is 2. The molecule has 1 aliphatic rings. The number of rotatable bonds is 5. The Labute approximate surface area is 158 Å². The number of piperidine rings is 1. The van der Waals surface area contributed by atoms with Gasteiger partial charge in [0, 0.05) is 26.2 Å².